The van der Waals surface area contributed by atoms with Gasteiger partial charge >= 0.3 is 0 Å². The summed E-state index contributed by atoms with van der Waals surface area (Å²) in [6.07, 6.45) is 6.46. The van der Waals surface area contributed by atoms with Gasteiger partial charge < -0.3 is 20.4 Å². The molecular weight excluding hydrogens is 518 g/mol. The Balaban J connectivity index is 1.61. The average Bonchev–Trinajstić information content (AvgIpc) is 3.52. The van der Waals surface area contributed by atoms with Crippen LogP contribution < -0.4 is 10.6 Å². The first kappa shape index (κ1) is 29.5. The maximum Gasteiger partial charge on any atom is 0.245 e. The van der Waals surface area contributed by atoms with Crippen molar-refractivity contribution in [1.29, 1.82) is 0 Å². The summed E-state index contributed by atoms with van der Waals surface area (Å²) in [7, 11) is -0.162. The number of likely N-dealkylation sites (tertiary alicyclic amines) is 1. The third kappa shape index (κ3) is 6.47. The fraction of sp³-hybridized carbons (Fsp3) is 0.679. The molecule has 5 atom stereocenters. The Hall–Kier alpha value is -2.50. The van der Waals surface area contributed by atoms with Crippen LogP contribution in [0.15, 0.2) is 30.3 Å². The summed E-state index contributed by atoms with van der Waals surface area (Å²) in [5.74, 6) is -1.28. The molecular formula is C28H43N5O5S. The largest absolute Gasteiger partial charge is 0.343 e. The van der Waals surface area contributed by atoms with Crippen LogP contribution in [0, 0.1) is 11.8 Å². The Morgan fingerprint density at radius 2 is 1.74 bits per heavy atom. The van der Waals surface area contributed by atoms with E-state index in [1.807, 2.05) is 30.3 Å². The van der Waals surface area contributed by atoms with Gasteiger partial charge in [-0.2, -0.15) is 4.31 Å². The highest BCUT2D eigenvalue weighted by Crippen LogP contribution is 2.39. The van der Waals surface area contributed by atoms with Gasteiger partial charge in [-0.05, 0) is 44.7 Å². The summed E-state index contributed by atoms with van der Waals surface area (Å²) in [4.78, 5) is 44.2. The minimum Gasteiger partial charge on any atom is -0.343 e. The summed E-state index contributed by atoms with van der Waals surface area (Å²) >= 11 is 0. The van der Waals surface area contributed by atoms with E-state index in [2.05, 4.69) is 10.6 Å². The molecule has 1 aromatic carbocycles. The number of nitrogens with one attached hydrogen (secondary N) is 2. The van der Waals surface area contributed by atoms with Crippen LogP contribution in [0.2, 0.25) is 0 Å². The first-order valence-electron chi connectivity index (χ1n) is 14.1. The van der Waals surface area contributed by atoms with E-state index in [-0.39, 0.29) is 30.2 Å². The minimum atomic E-state index is -3.58. The monoisotopic (exact) mass is 561 g/mol. The summed E-state index contributed by atoms with van der Waals surface area (Å²) < 4.78 is 26.9. The quantitative estimate of drug-likeness (QED) is 0.467. The van der Waals surface area contributed by atoms with E-state index in [4.69, 9.17) is 0 Å². The second-order valence-electron chi connectivity index (χ2n) is 11.4. The number of hydrogen-bond donors (Lipinski definition) is 2. The molecule has 2 N–H and O–H groups in total. The summed E-state index contributed by atoms with van der Waals surface area (Å²) in [6, 6.07) is 7.45. The van der Waals surface area contributed by atoms with Crippen molar-refractivity contribution in [3.63, 3.8) is 0 Å². The molecule has 2 aliphatic heterocycles. The zero-order chi connectivity index (χ0) is 28.3. The van der Waals surface area contributed by atoms with Gasteiger partial charge in [-0.3, -0.25) is 14.4 Å². The fourth-order valence-electron chi connectivity index (χ4n) is 6.55. The van der Waals surface area contributed by atoms with Gasteiger partial charge in [0.2, 0.25) is 27.7 Å². The standard InChI is InChI=1S/C28H43N5O5S/c1-19(29-2)26(34)30-24(21-13-9-6-10-14-21)28(36)32-16-15-23-25(32)22(18-33(23)39(4,37)38)27(35)31(3)17-20-11-7-5-8-12-20/h5,7-8,11-12,19,21-25,29H,6,9-10,13-18H2,1-4H3,(H,30,34)/t19-,22-,23+,24-,25+/m0/s1. The Morgan fingerprint density at radius 3 is 2.36 bits per heavy atom. The average molecular weight is 562 g/mol. The maximum atomic E-state index is 14.2. The zero-order valence-electron chi connectivity index (χ0n) is 23.5. The SMILES string of the molecule is CN[C@@H](C)C(=O)N[C@H](C(=O)N1CC[C@@H]2[C@H]1[C@@H](C(=O)N(C)Cc1ccccc1)CN2S(C)(=O)=O)C1CCCCC1. The minimum absolute atomic E-state index is 0.0145. The molecule has 3 aliphatic rings. The van der Waals surface area contributed by atoms with Crippen LogP contribution in [0.1, 0.15) is 51.0 Å². The van der Waals surface area contributed by atoms with Crippen LogP contribution in [-0.4, -0.2) is 97.9 Å². The van der Waals surface area contributed by atoms with Gasteiger partial charge in [-0.25, -0.2) is 8.42 Å². The molecule has 0 spiro atoms. The van der Waals surface area contributed by atoms with E-state index in [1.54, 1.807) is 30.8 Å². The lowest BCUT2D eigenvalue weighted by molar-refractivity contribution is -0.143. The van der Waals surface area contributed by atoms with Crippen LogP contribution >= 0.6 is 0 Å². The molecule has 0 radical (unpaired) electrons. The fourth-order valence-corrected chi connectivity index (χ4v) is 7.71. The highest BCUT2D eigenvalue weighted by atomic mass is 32.2. The predicted molar refractivity (Wildman–Crippen MR) is 149 cm³/mol. The zero-order valence-corrected chi connectivity index (χ0v) is 24.3. The van der Waals surface area contributed by atoms with Crippen molar-refractivity contribution < 1.29 is 22.8 Å². The van der Waals surface area contributed by atoms with Crippen molar-refractivity contribution in [2.45, 2.75) is 76.2 Å². The van der Waals surface area contributed by atoms with Crippen LogP contribution in [-0.2, 0) is 31.0 Å². The number of nitrogens with zero attached hydrogens (tertiary/aromatic N) is 3. The lowest BCUT2D eigenvalue weighted by Gasteiger charge is -2.37. The number of sulfonamides is 1. The van der Waals surface area contributed by atoms with E-state index in [0.29, 0.717) is 19.5 Å². The number of carbonyl (C=O) groups is 3. The van der Waals surface area contributed by atoms with Crippen molar-refractivity contribution in [3.05, 3.63) is 35.9 Å². The molecule has 0 aromatic heterocycles. The first-order valence-corrected chi connectivity index (χ1v) is 15.9. The van der Waals surface area contributed by atoms with E-state index in [9.17, 15) is 22.8 Å². The molecule has 4 rings (SSSR count). The van der Waals surface area contributed by atoms with E-state index < -0.39 is 40.1 Å². The Bertz CT molecular complexity index is 1140. The van der Waals surface area contributed by atoms with Gasteiger partial charge in [0, 0.05) is 32.7 Å². The van der Waals surface area contributed by atoms with Gasteiger partial charge in [0.05, 0.1) is 24.3 Å². The van der Waals surface area contributed by atoms with Gasteiger partial charge in [0.25, 0.3) is 0 Å². The molecule has 2 heterocycles. The summed E-state index contributed by atoms with van der Waals surface area (Å²) in [5.41, 5.74) is 0.973. The number of hydrogen-bond acceptors (Lipinski definition) is 6. The molecule has 0 bridgehead atoms. The molecule has 1 saturated carbocycles. The molecule has 2 saturated heterocycles. The lowest BCUT2D eigenvalue weighted by atomic mass is 9.83. The molecule has 1 aromatic rings. The van der Waals surface area contributed by atoms with Crippen LogP contribution in [0.5, 0.6) is 0 Å². The number of fused-ring (bicyclic) bond motifs is 1. The van der Waals surface area contributed by atoms with Crippen molar-refractivity contribution in [1.82, 2.24) is 24.7 Å². The third-order valence-corrected chi connectivity index (χ3v) is 10.0. The van der Waals surface area contributed by atoms with Crippen molar-refractivity contribution >= 4 is 27.7 Å². The van der Waals surface area contributed by atoms with Crippen LogP contribution in [0.25, 0.3) is 0 Å². The Labute approximate surface area is 232 Å². The van der Waals surface area contributed by atoms with E-state index >= 15 is 0 Å². The molecule has 0 unspecified atom stereocenters. The summed E-state index contributed by atoms with van der Waals surface area (Å²) in [5, 5.41) is 5.95. The molecule has 1 aliphatic carbocycles. The molecule has 11 heteroatoms. The maximum absolute atomic E-state index is 14.2. The molecule has 3 fully saturated rings. The molecule has 216 valence electrons. The van der Waals surface area contributed by atoms with Crippen LogP contribution in [0.4, 0.5) is 0 Å². The molecule has 39 heavy (non-hydrogen) atoms. The van der Waals surface area contributed by atoms with Crippen molar-refractivity contribution in [2.24, 2.45) is 11.8 Å². The van der Waals surface area contributed by atoms with Gasteiger partial charge in [-0.15, -0.1) is 0 Å². The van der Waals surface area contributed by atoms with Gasteiger partial charge in [0.1, 0.15) is 6.04 Å². The number of likely N-dealkylation sites (N-methyl/N-ethyl adjacent to an activating group) is 1. The second kappa shape index (κ2) is 12.3. The highest BCUT2D eigenvalue weighted by molar-refractivity contribution is 7.88. The van der Waals surface area contributed by atoms with Crippen molar-refractivity contribution in [3.8, 4) is 0 Å². The normalized spacial score (nSPS) is 25.6. The van der Waals surface area contributed by atoms with Crippen LogP contribution in [0.3, 0.4) is 0 Å². The third-order valence-electron chi connectivity index (χ3n) is 8.76. The number of benzene rings is 1. The lowest BCUT2D eigenvalue weighted by Crippen LogP contribution is -2.58. The second-order valence-corrected chi connectivity index (χ2v) is 13.3. The van der Waals surface area contributed by atoms with E-state index in [0.717, 1.165) is 37.7 Å². The number of rotatable bonds is 9. The topological polar surface area (TPSA) is 119 Å². The van der Waals surface area contributed by atoms with Crippen molar-refractivity contribution in [2.75, 3.05) is 33.4 Å². The molecule has 3 amide bonds. The first-order chi connectivity index (χ1) is 18.5. The highest BCUT2D eigenvalue weighted by Gasteiger charge is 2.56. The Kier molecular flexibility index (Phi) is 9.33. The van der Waals surface area contributed by atoms with Gasteiger partial charge in [0.15, 0.2) is 0 Å². The molecule has 10 nitrogen and oxygen atoms in total. The number of carbonyl (C=O) groups excluding carboxylic acids is 3. The van der Waals surface area contributed by atoms with E-state index in [1.165, 1.54) is 10.6 Å². The van der Waals surface area contributed by atoms with Gasteiger partial charge in [-0.1, -0.05) is 49.6 Å². The summed E-state index contributed by atoms with van der Waals surface area (Å²) in [6.45, 7) is 2.55. The predicted octanol–water partition coefficient (Wildman–Crippen LogP) is 1.18. The number of amides is 3. The Morgan fingerprint density at radius 1 is 1.08 bits per heavy atom. The smallest absolute Gasteiger partial charge is 0.245 e.